The maximum absolute atomic E-state index is 11.7. The summed E-state index contributed by atoms with van der Waals surface area (Å²) in [6.07, 6.45) is -0.699. The largest absolute Gasteiger partial charge is 0.346 e. The van der Waals surface area contributed by atoms with Crippen LogP contribution in [0.25, 0.3) is 0 Å². The van der Waals surface area contributed by atoms with Crippen molar-refractivity contribution in [1.29, 1.82) is 0 Å². The molecule has 0 unspecified atom stereocenters. The molecule has 0 aromatic carbocycles. The first-order valence-corrected chi connectivity index (χ1v) is 4.71. The van der Waals surface area contributed by atoms with Crippen LogP contribution in [0.5, 0.6) is 0 Å². The third-order valence-electron chi connectivity index (χ3n) is 1.59. The normalized spacial score (nSPS) is 12.2. The molecule has 78 valence electrons. The average molecular weight is 188 g/mol. The summed E-state index contributed by atoms with van der Waals surface area (Å²) in [4.78, 5) is 11.7. The van der Waals surface area contributed by atoms with Crippen molar-refractivity contribution >= 4 is 5.78 Å². The Bertz CT molecular complexity index is 152. The Morgan fingerprint density at radius 3 is 1.77 bits per heavy atom. The molecule has 0 bridgehead atoms. The predicted molar refractivity (Wildman–Crippen MR) is 51.5 cm³/mol. The summed E-state index contributed by atoms with van der Waals surface area (Å²) in [5, 5.41) is 0. The minimum absolute atomic E-state index is 0.00352. The number of Topliss-reactive ketones (excluding diaryl/α,β-unsaturated/α-hetero) is 1. The van der Waals surface area contributed by atoms with Crippen molar-refractivity contribution in [2.45, 2.75) is 40.9 Å². The van der Waals surface area contributed by atoms with Gasteiger partial charge in [-0.05, 0) is 13.8 Å². The van der Waals surface area contributed by atoms with E-state index in [0.29, 0.717) is 13.2 Å². The fraction of sp³-hybridized carbons (Fsp3) is 0.900. The molecule has 3 nitrogen and oxygen atoms in total. The average Bonchev–Trinajstić information content (AvgIpc) is 2.01. The van der Waals surface area contributed by atoms with Gasteiger partial charge in [0.2, 0.25) is 6.29 Å². The smallest absolute Gasteiger partial charge is 0.218 e. The Labute approximate surface area is 80.4 Å². The van der Waals surface area contributed by atoms with Gasteiger partial charge >= 0.3 is 0 Å². The molecule has 0 fully saturated rings. The number of ether oxygens (including phenoxy) is 2. The number of hydrogen-bond acceptors (Lipinski definition) is 3. The molecule has 3 heteroatoms. The van der Waals surface area contributed by atoms with Crippen LogP contribution in [0.4, 0.5) is 0 Å². The third kappa shape index (κ3) is 4.39. The summed E-state index contributed by atoms with van der Waals surface area (Å²) in [7, 11) is 0. The van der Waals surface area contributed by atoms with Crippen LogP contribution in [0.3, 0.4) is 0 Å². The fourth-order valence-electron chi connectivity index (χ4n) is 0.856. The lowest BCUT2D eigenvalue weighted by atomic mass is 9.90. The molecule has 0 spiro atoms. The quantitative estimate of drug-likeness (QED) is 0.619. The SMILES string of the molecule is CCOC(OCC)C(=O)C(C)(C)C. The summed E-state index contributed by atoms with van der Waals surface area (Å²) in [6, 6.07) is 0. The van der Waals surface area contributed by atoms with Crippen molar-refractivity contribution in [2.75, 3.05) is 13.2 Å². The van der Waals surface area contributed by atoms with E-state index in [0.717, 1.165) is 0 Å². The molecule has 0 saturated heterocycles. The molecule has 0 amide bonds. The first kappa shape index (κ1) is 12.6. The first-order valence-electron chi connectivity index (χ1n) is 4.71. The van der Waals surface area contributed by atoms with Crippen LogP contribution in [-0.4, -0.2) is 25.3 Å². The van der Waals surface area contributed by atoms with Gasteiger partial charge in [-0.2, -0.15) is 0 Å². The van der Waals surface area contributed by atoms with E-state index in [1.165, 1.54) is 0 Å². The molecule has 13 heavy (non-hydrogen) atoms. The van der Waals surface area contributed by atoms with Gasteiger partial charge in [0.1, 0.15) is 0 Å². The molecule has 0 aromatic heterocycles. The lowest BCUT2D eigenvalue weighted by molar-refractivity contribution is -0.175. The minimum Gasteiger partial charge on any atom is -0.346 e. The van der Waals surface area contributed by atoms with Crippen LogP contribution in [0, 0.1) is 5.41 Å². The second-order valence-corrected chi connectivity index (χ2v) is 3.86. The third-order valence-corrected chi connectivity index (χ3v) is 1.59. The monoisotopic (exact) mass is 188 g/mol. The summed E-state index contributed by atoms with van der Waals surface area (Å²) in [6.45, 7) is 10.3. The highest BCUT2D eigenvalue weighted by atomic mass is 16.7. The molecule has 0 heterocycles. The maximum atomic E-state index is 11.7. The zero-order valence-corrected chi connectivity index (χ0v) is 9.22. The van der Waals surface area contributed by atoms with Crippen molar-refractivity contribution in [3.63, 3.8) is 0 Å². The van der Waals surface area contributed by atoms with E-state index >= 15 is 0 Å². The van der Waals surface area contributed by atoms with E-state index in [9.17, 15) is 4.79 Å². The molecular formula is C10H20O3. The van der Waals surface area contributed by atoms with Crippen molar-refractivity contribution < 1.29 is 14.3 Å². The van der Waals surface area contributed by atoms with Crippen LogP contribution >= 0.6 is 0 Å². The highest BCUT2D eigenvalue weighted by molar-refractivity contribution is 5.86. The lowest BCUT2D eigenvalue weighted by Crippen LogP contribution is -2.36. The van der Waals surface area contributed by atoms with E-state index in [1.54, 1.807) is 0 Å². The highest BCUT2D eigenvalue weighted by Gasteiger charge is 2.30. The molecule has 0 atom stereocenters. The molecule has 0 radical (unpaired) electrons. The van der Waals surface area contributed by atoms with Crippen LogP contribution in [0.1, 0.15) is 34.6 Å². The summed E-state index contributed by atoms with van der Waals surface area (Å²) < 4.78 is 10.4. The van der Waals surface area contributed by atoms with Gasteiger partial charge in [-0.1, -0.05) is 20.8 Å². The standard InChI is InChI=1S/C10H20O3/c1-6-12-9(13-7-2)8(11)10(3,4)5/h9H,6-7H2,1-5H3. The predicted octanol–water partition coefficient (Wildman–Crippen LogP) is 2.00. The number of ketones is 1. The summed E-state index contributed by atoms with van der Waals surface area (Å²) >= 11 is 0. The Morgan fingerprint density at radius 2 is 1.54 bits per heavy atom. The number of carbonyl (C=O) groups is 1. The highest BCUT2D eigenvalue weighted by Crippen LogP contribution is 2.18. The van der Waals surface area contributed by atoms with Gasteiger partial charge in [0.15, 0.2) is 5.78 Å². The van der Waals surface area contributed by atoms with Gasteiger partial charge in [-0.15, -0.1) is 0 Å². The summed E-state index contributed by atoms with van der Waals surface area (Å²) in [5.74, 6) is -0.00352. The molecule has 0 aliphatic carbocycles. The Kier molecular flexibility index (Phi) is 5.18. The second-order valence-electron chi connectivity index (χ2n) is 3.86. The Morgan fingerprint density at radius 1 is 1.15 bits per heavy atom. The van der Waals surface area contributed by atoms with Gasteiger partial charge in [0.25, 0.3) is 0 Å². The van der Waals surface area contributed by atoms with Crippen molar-refractivity contribution in [3.8, 4) is 0 Å². The van der Waals surface area contributed by atoms with Gasteiger partial charge in [-0.3, -0.25) is 4.79 Å². The van der Waals surface area contributed by atoms with E-state index in [-0.39, 0.29) is 5.78 Å². The van der Waals surface area contributed by atoms with E-state index in [1.807, 2.05) is 34.6 Å². The number of rotatable bonds is 5. The van der Waals surface area contributed by atoms with Crippen molar-refractivity contribution in [2.24, 2.45) is 5.41 Å². The minimum atomic E-state index is -0.699. The summed E-state index contributed by atoms with van der Waals surface area (Å²) in [5.41, 5.74) is -0.408. The molecule has 0 N–H and O–H groups in total. The molecule has 0 rings (SSSR count). The molecule has 0 aliphatic rings. The van der Waals surface area contributed by atoms with Crippen molar-refractivity contribution in [1.82, 2.24) is 0 Å². The van der Waals surface area contributed by atoms with Crippen LogP contribution in [0.15, 0.2) is 0 Å². The Hall–Kier alpha value is -0.410. The first-order chi connectivity index (χ1) is 5.93. The topological polar surface area (TPSA) is 35.5 Å². The zero-order valence-electron chi connectivity index (χ0n) is 9.22. The van der Waals surface area contributed by atoms with E-state index in [2.05, 4.69) is 0 Å². The molecular weight excluding hydrogens is 168 g/mol. The van der Waals surface area contributed by atoms with Gasteiger partial charge in [0.05, 0.1) is 0 Å². The maximum Gasteiger partial charge on any atom is 0.218 e. The Balaban J connectivity index is 4.27. The molecule has 0 saturated carbocycles. The van der Waals surface area contributed by atoms with Gasteiger partial charge in [-0.25, -0.2) is 0 Å². The van der Waals surface area contributed by atoms with Crippen molar-refractivity contribution in [3.05, 3.63) is 0 Å². The van der Waals surface area contributed by atoms with E-state index < -0.39 is 11.7 Å². The van der Waals surface area contributed by atoms with E-state index in [4.69, 9.17) is 9.47 Å². The number of carbonyl (C=O) groups excluding carboxylic acids is 1. The zero-order chi connectivity index (χ0) is 10.5. The van der Waals surface area contributed by atoms with Gasteiger partial charge < -0.3 is 9.47 Å². The lowest BCUT2D eigenvalue weighted by Gasteiger charge is -2.23. The molecule has 0 aromatic rings. The fourth-order valence-corrected chi connectivity index (χ4v) is 0.856. The van der Waals surface area contributed by atoms with Crippen LogP contribution in [0.2, 0.25) is 0 Å². The second kappa shape index (κ2) is 5.35. The number of hydrogen-bond donors (Lipinski definition) is 0. The van der Waals surface area contributed by atoms with Gasteiger partial charge in [0, 0.05) is 18.6 Å². The van der Waals surface area contributed by atoms with Crippen LogP contribution < -0.4 is 0 Å². The molecule has 0 aliphatic heterocycles. The van der Waals surface area contributed by atoms with Crippen LogP contribution in [-0.2, 0) is 14.3 Å².